The van der Waals surface area contributed by atoms with Gasteiger partial charge in [0.2, 0.25) is 5.91 Å². The van der Waals surface area contributed by atoms with E-state index in [0.717, 1.165) is 5.56 Å². The van der Waals surface area contributed by atoms with Gasteiger partial charge in [0.05, 0.1) is 24.7 Å². The summed E-state index contributed by atoms with van der Waals surface area (Å²) in [6, 6.07) is 15.6. The van der Waals surface area contributed by atoms with Crippen molar-refractivity contribution in [3.63, 3.8) is 0 Å². The molecular weight excluding hydrogens is 384 g/mol. The molecule has 0 spiro atoms. The van der Waals surface area contributed by atoms with Crippen molar-refractivity contribution in [2.75, 3.05) is 18.1 Å². The molecule has 0 saturated carbocycles. The zero-order valence-electron chi connectivity index (χ0n) is 17.4. The molecule has 2 amide bonds. The van der Waals surface area contributed by atoms with Crippen LogP contribution in [0.3, 0.4) is 0 Å². The van der Waals surface area contributed by atoms with Crippen LogP contribution in [0.1, 0.15) is 38.8 Å². The van der Waals surface area contributed by atoms with Crippen molar-refractivity contribution in [3.05, 3.63) is 60.2 Å². The first-order valence-corrected chi connectivity index (χ1v) is 9.81. The Morgan fingerprint density at radius 2 is 1.77 bits per heavy atom. The van der Waals surface area contributed by atoms with E-state index in [0.29, 0.717) is 11.4 Å². The number of benzene rings is 2. The van der Waals surface area contributed by atoms with Gasteiger partial charge in [-0.15, -0.1) is 0 Å². The average molecular weight is 410 g/mol. The van der Waals surface area contributed by atoms with Crippen molar-refractivity contribution >= 4 is 23.5 Å². The number of amides is 2. The Morgan fingerprint density at radius 1 is 1.10 bits per heavy atom. The molecule has 0 fully saturated rings. The number of Topliss-reactive ketones (excluding diaryl/α,β-unsaturated/α-hetero) is 1. The number of fused-ring (bicyclic) bond motifs is 1. The van der Waals surface area contributed by atoms with Gasteiger partial charge < -0.3 is 19.7 Å². The Kier molecular flexibility index (Phi) is 6.40. The Hall–Kier alpha value is -3.35. The van der Waals surface area contributed by atoms with E-state index in [4.69, 9.17) is 9.47 Å². The zero-order valence-corrected chi connectivity index (χ0v) is 17.4. The lowest BCUT2D eigenvalue weighted by atomic mass is 10.0. The molecule has 0 aromatic heterocycles. The third-order valence-corrected chi connectivity index (χ3v) is 4.45. The molecule has 1 atom stereocenters. The number of ketones is 1. The standard InChI is InChI=1S/C23H26N2O5/c1-23(2,3)30-22(28)24-18(16-9-5-4-6-10-16)13-21(27)25-14-17(26)15-29-20-12-8-7-11-19(20)25/h4-12,18H,13-15H2,1-3H3,(H,24,28)/t18-/m0/s1. The Bertz CT molecular complexity index is 921. The second kappa shape index (κ2) is 8.98. The smallest absolute Gasteiger partial charge is 0.408 e. The van der Waals surface area contributed by atoms with Gasteiger partial charge in [-0.25, -0.2) is 4.79 Å². The van der Waals surface area contributed by atoms with E-state index < -0.39 is 17.7 Å². The van der Waals surface area contributed by atoms with Crippen LogP contribution in [0, 0.1) is 0 Å². The highest BCUT2D eigenvalue weighted by molar-refractivity contribution is 6.02. The number of carbonyl (C=O) groups is 3. The summed E-state index contributed by atoms with van der Waals surface area (Å²) in [5.41, 5.74) is 0.642. The molecule has 1 aliphatic rings. The van der Waals surface area contributed by atoms with Gasteiger partial charge in [-0.05, 0) is 38.5 Å². The van der Waals surface area contributed by atoms with E-state index in [-0.39, 0.29) is 31.3 Å². The summed E-state index contributed by atoms with van der Waals surface area (Å²) >= 11 is 0. The number of carbonyl (C=O) groups excluding carboxylic acids is 3. The topological polar surface area (TPSA) is 84.9 Å². The molecule has 0 bridgehead atoms. The molecule has 7 heteroatoms. The van der Waals surface area contributed by atoms with Crippen LogP contribution >= 0.6 is 0 Å². The average Bonchev–Trinajstić information content (AvgIpc) is 2.86. The van der Waals surface area contributed by atoms with Crippen molar-refractivity contribution in [2.45, 2.75) is 38.8 Å². The number of para-hydroxylation sites is 2. The molecule has 30 heavy (non-hydrogen) atoms. The van der Waals surface area contributed by atoms with Crippen LogP contribution in [-0.2, 0) is 14.3 Å². The third-order valence-electron chi connectivity index (χ3n) is 4.45. The van der Waals surface area contributed by atoms with E-state index >= 15 is 0 Å². The minimum Gasteiger partial charge on any atom is -0.484 e. The number of hydrogen-bond donors (Lipinski definition) is 1. The van der Waals surface area contributed by atoms with Crippen molar-refractivity contribution in [1.82, 2.24) is 5.32 Å². The van der Waals surface area contributed by atoms with Crippen LogP contribution < -0.4 is 15.0 Å². The zero-order chi connectivity index (χ0) is 21.7. The third kappa shape index (κ3) is 5.59. The molecule has 0 aliphatic carbocycles. The van der Waals surface area contributed by atoms with Crippen LogP contribution in [0.2, 0.25) is 0 Å². The van der Waals surface area contributed by atoms with Gasteiger partial charge in [0.15, 0.2) is 5.78 Å². The van der Waals surface area contributed by atoms with Crippen molar-refractivity contribution < 1.29 is 23.9 Å². The molecule has 158 valence electrons. The molecule has 7 nitrogen and oxygen atoms in total. The molecule has 1 N–H and O–H groups in total. The largest absolute Gasteiger partial charge is 0.484 e. The fourth-order valence-corrected chi connectivity index (χ4v) is 3.16. The monoisotopic (exact) mass is 410 g/mol. The highest BCUT2D eigenvalue weighted by Crippen LogP contribution is 2.31. The number of hydrogen-bond acceptors (Lipinski definition) is 5. The second-order valence-electron chi connectivity index (χ2n) is 8.09. The fourth-order valence-electron chi connectivity index (χ4n) is 3.16. The van der Waals surface area contributed by atoms with E-state index in [1.165, 1.54) is 4.90 Å². The molecule has 0 saturated heterocycles. The minimum absolute atomic E-state index is 0.0368. The van der Waals surface area contributed by atoms with Crippen LogP contribution in [-0.4, -0.2) is 36.5 Å². The summed E-state index contributed by atoms with van der Waals surface area (Å²) in [6.45, 7) is 5.15. The van der Waals surface area contributed by atoms with E-state index in [2.05, 4.69) is 5.32 Å². The maximum absolute atomic E-state index is 13.2. The summed E-state index contributed by atoms with van der Waals surface area (Å²) in [6.07, 6.45) is -0.648. The molecular formula is C23H26N2O5. The lowest BCUT2D eigenvalue weighted by Crippen LogP contribution is -2.40. The van der Waals surface area contributed by atoms with Gasteiger partial charge >= 0.3 is 6.09 Å². The quantitative estimate of drug-likeness (QED) is 0.832. The fraction of sp³-hybridized carbons (Fsp3) is 0.348. The maximum Gasteiger partial charge on any atom is 0.408 e. The van der Waals surface area contributed by atoms with Crippen LogP contribution in [0.25, 0.3) is 0 Å². The summed E-state index contributed by atoms with van der Waals surface area (Å²) in [5, 5.41) is 2.79. The lowest BCUT2D eigenvalue weighted by Gasteiger charge is -2.26. The Balaban J connectivity index is 1.84. The molecule has 3 rings (SSSR count). The Morgan fingerprint density at radius 3 is 2.47 bits per heavy atom. The maximum atomic E-state index is 13.2. The molecule has 0 unspecified atom stereocenters. The van der Waals surface area contributed by atoms with Crippen LogP contribution in [0.5, 0.6) is 5.75 Å². The van der Waals surface area contributed by atoms with E-state index in [9.17, 15) is 14.4 Å². The van der Waals surface area contributed by atoms with Crippen molar-refractivity contribution in [1.29, 1.82) is 0 Å². The summed E-state index contributed by atoms with van der Waals surface area (Å²) < 4.78 is 10.9. The highest BCUT2D eigenvalue weighted by Gasteiger charge is 2.29. The number of ether oxygens (including phenoxy) is 2. The lowest BCUT2D eigenvalue weighted by molar-refractivity contribution is -0.123. The predicted octanol–water partition coefficient (Wildman–Crippen LogP) is 3.64. The van der Waals surface area contributed by atoms with Gasteiger partial charge in [0, 0.05) is 0 Å². The first-order chi connectivity index (χ1) is 14.2. The SMILES string of the molecule is CC(C)(C)OC(=O)N[C@@H](CC(=O)N1CC(=O)COc2ccccc21)c1ccccc1. The summed E-state index contributed by atoms with van der Waals surface area (Å²) in [7, 11) is 0. The van der Waals surface area contributed by atoms with Gasteiger partial charge in [-0.1, -0.05) is 42.5 Å². The normalized spacial score (nSPS) is 14.8. The Labute approximate surface area is 176 Å². The van der Waals surface area contributed by atoms with Gasteiger partial charge in [-0.2, -0.15) is 0 Å². The van der Waals surface area contributed by atoms with E-state index in [1.54, 1.807) is 45.0 Å². The van der Waals surface area contributed by atoms with Crippen molar-refractivity contribution in [3.8, 4) is 5.75 Å². The van der Waals surface area contributed by atoms with Gasteiger partial charge in [0.1, 0.15) is 18.0 Å². The number of nitrogens with one attached hydrogen (secondary N) is 1. The number of rotatable bonds is 4. The molecule has 2 aromatic carbocycles. The molecule has 1 aliphatic heterocycles. The van der Waals surface area contributed by atoms with Crippen LogP contribution in [0.4, 0.5) is 10.5 Å². The summed E-state index contributed by atoms with van der Waals surface area (Å²) in [5.74, 6) is -0.0183. The molecule has 1 heterocycles. The number of nitrogens with zero attached hydrogens (tertiary/aromatic N) is 1. The van der Waals surface area contributed by atoms with Gasteiger partial charge in [-0.3, -0.25) is 9.59 Å². The summed E-state index contributed by atoms with van der Waals surface area (Å²) in [4.78, 5) is 39.2. The predicted molar refractivity (Wildman–Crippen MR) is 112 cm³/mol. The second-order valence-corrected chi connectivity index (χ2v) is 8.09. The minimum atomic E-state index is -0.664. The number of alkyl carbamates (subject to hydrolysis) is 1. The van der Waals surface area contributed by atoms with E-state index in [1.807, 2.05) is 30.3 Å². The number of anilines is 1. The van der Waals surface area contributed by atoms with Crippen LogP contribution in [0.15, 0.2) is 54.6 Å². The first kappa shape index (κ1) is 21.4. The molecule has 2 aromatic rings. The van der Waals surface area contributed by atoms with Crippen molar-refractivity contribution in [2.24, 2.45) is 0 Å². The molecule has 0 radical (unpaired) electrons. The first-order valence-electron chi connectivity index (χ1n) is 9.81. The van der Waals surface area contributed by atoms with Gasteiger partial charge in [0.25, 0.3) is 0 Å². The highest BCUT2D eigenvalue weighted by atomic mass is 16.6.